The molecule has 0 aromatic carbocycles. The van der Waals surface area contributed by atoms with Crippen molar-refractivity contribution in [2.24, 2.45) is 11.8 Å². The molecule has 9 nitrogen and oxygen atoms in total. The van der Waals surface area contributed by atoms with Gasteiger partial charge in [-0.15, -0.1) is 0 Å². The minimum absolute atomic E-state index is 0.135. The molecule has 9 heteroatoms. The highest BCUT2D eigenvalue weighted by Gasteiger charge is 2.63. The molecule has 2 aromatic heterocycles. The number of aromatic nitrogens is 3. The molecular weight excluding hydrogens is 374 g/mol. The van der Waals surface area contributed by atoms with E-state index in [0.717, 1.165) is 25.9 Å². The van der Waals surface area contributed by atoms with Gasteiger partial charge in [0, 0.05) is 37.2 Å². The normalized spacial score (nSPS) is 29.9. The molecule has 3 fully saturated rings. The van der Waals surface area contributed by atoms with E-state index in [9.17, 15) is 4.79 Å². The molecule has 29 heavy (non-hydrogen) atoms. The molecule has 3 aliphatic rings. The highest BCUT2D eigenvalue weighted by Crippen LogP contribution is 2.55. The van der Waals surface area contributed by atoms with Crippen molar-refractivity contribution in [1.82, 2.24) is 20.4 Å². The molecular formula is C20H25N5O4. The maximum absolute atomic E-state index is 12.7. The van der Waals surface area contributed by atoms with Crippen molar-refractivity contribution in [3.63, 3.8) is 0 Å². The number of carbonyl (C=O) groups is 1. The van der Waals surface area contributed by atoms with Gasteiger partial charge in [-0.2, -0.15) is 4.98 Å². The Morgan fingerprint density at radius 2 is 2.31 bits per heavy atom. The first-order chi connectivity index (χ1) is 14.0. The van der Waals surface area contributed by atoms with E-state index in [2.05, 4.69) is 25.3 Å². The number of nitrogens with one attached hydrogen (secondary N) is 1. The van der Waals surface area contributed by atoms with Crippen LogP contribution in [0.3, 0.4) is 0 Å². The minimum atomic E-state index is -0.171. The number of anilines is 1. The molecule has 0 unspecified atom stereocenters. The Morgan fingerprint density at radius 1 is 1.45 bits per heavy atom. The quantitative estimate of drug-likeness (QED) is 0.807. The number of hydrogen-bond donors (Lipinski definition) is 1. The Bertz CT molecular complexity index is 927. The van der Waals surface area contributed by atoms with Crippen molar-refractivity contribution < 1.29 is 18.8 Å². The molecule has 0 radical (unpaired) electrons. The molecule has 1 amide bonds. The zero-order chi connectivity index (χ0) is 20.2. The number of amides is 1. The molecule has 2 bridgehead atoms. The Hall–Kier alpha value is -2.68. The van der Waals surface area contributed by atoms with E-state index in [1.807, 2.05) is 0 Å². The summed E-state index contributed by atoms with van der Waals surface area (Å²) in [5.41, 5.74) is 0.972. The fraction of sp³-hybridized carbons (Fsp3) is 0.600. The van der Waals surface area contributed by atoms with Gasteiger partial charge in [0.25, 0.3) is 5.91 Å². The summed E-state index contributed by atoms with van der Waals surface area (Å²) in [4.78, 5) is 23.7. The number of methoxy groups -OCH3 is 1. The summed E-state index contributed by atoms with van der Waals surface area (Å²) in [6, 6.07) is 1.74. The fourth-order valence-electron chi connectivity index (χ4n) is 5.32. The lowest BCUT2D eigenvalue weighted by Crippen LogP contribution is -2.42. The Kier molecular flexibility index (Phi) is 4.23. The predicted octanol–water partition coefficient (Wildman–Crippen LogP) is 1.50. The van der Waals surface area contributed by atoms with Crippen LogP contribution in [0.5, 0.6) is 5.88 Å². The Balaban J connectivity index is 1.31. The van der Waals surface area contributed by atoms with Gasteiger partial charge < -0.3 is 24.2 Å². The summed E-state index contributed by atoms with van der Waals surface area (Å²) in [6.07, 6.45) is 3.97. The van der Waals surface area contributed by atoms with Crippen molar-refractivity contribution in [2.75, 3.05) is 31.6 Å². The third kappa shape index (κ3) is 2.87. The highest BCUT2D eigenvalue weighted by molar-refractivity contribution is 5.96. The highest BCUT2D eigenvalue weighted by atomic mass is 16.5. The Morgan fingerprint density at radius 3 is 3.07 bits per heavy atom. The fourth-order valence-corrected chi connectivity index (χ4v) is 5.32. The van der Waals surface area contributed by atoms with Crippen LogP contribution in [-0.4, -0.2) is 59.5 Å². The van der Waals surface area contributed by atoms with Crippen LogP contribution in [0.15, 0.2) is 16.8 Å². The van der Waals surface area contributed by atoms with Gasteiger partial charge in [-0.3, -0.25) is 4.79 Å². The van der Waals surface area contributed by atoms with Gasteiger partial charge in [-0.05, 0) is 26.7 Å². The van der Waals surface area contributed by atoms with E-state index >= 15 is 0 Å². The molecule has 3 saturated heterocycles. The average molecular weight is 399 g/mol. The van der Waals surface area contributed by atoms with Gasteiger partial charge in [0.1, 0.15) is 11.3 Å². The molecule has 1 N–H and O–H groups in total. The largest absolute Gasteiger partial charge is 0.481 e. The molecule has 5 rings (SSSR count). The second-order valence-electron chi connectivity index (χ2n) is 8.22. The van der Waals surface area contributed by atoms with Crippen LogP contribution >= 0.6 is 0 Å². The third-order valence-electron chi connectivity index (χ3n) is 6.65. The summed E-state index contributed by atoms with van der Waals surface area (Å²) in [5, 5.41) is 6.96. The van der Waals surface area contributed by atoms with E-state index < -0.39 is 0 Å². The number of aryl methyl sites for hydroxylation is 2. The molecule has 154 valence electrons. The lowest BCUT2D eigenvalue weighted by Gasteiger charge is -2.29. The van der Waals surface area contributed by atoms with Crippen molar-refractivity contribution in [3.05, 3.63) is 29.3 Å². The van der Waals surface area contributed by atoms with Crippen LogP contribution in [0.2, 0.25) is 0 Å². The van der Waals surface area contributed by atoms with E-state index in [1.165, 1.54) is 0 Å². The third-order valence-corrected chi connectivity index (χ3v) is 6.65. The van der Waals surface area contributed by atoms with Gasteiger partial charge in [0.2, 0.25) is 11.8 Å². The van der Waals surface area contributed by atoms with E-state index in [0.29, 0.717) is 41.3 Å². The average Bonchev–Trinajstić information content (AvgIpc) is 3.46. The molecule has 0 aliphatic carbocycles. The number of ether oxygens (including phenoxy) is 2. The monoisotopic (exact) mass is 399 g/mol. The second kappa shape index (κ2) is 6.69. The van der Waals surface area contributed by atoms with E-state index in [4.69, 9.17) is 14.0 Å². The topological polar surface area (TPSA) is 103 Å². The van der Waals surface area contributed by atoms with Crippen LogP contribution in [-0.2, 0) is 4.74 Å². The Labute approximate surface area is 168 Å². The summed E-state index contributed by atoms with van der Waals surface area (Å²) in [7, 11) is 1.60. The van der Waals surface area contributed by atoms with Crippen LogP contribution < -0.4 is 15.0 Å². The van der Waals surface area contributed by atoms with E-state index in [-0.39, 0.29) is 23.5 Å². The maximum Gasteiger partial charge on any atom is 0.256 e. The zero-order valence-electron chi connectivity index (χ0n) is 16.8. The lowest BCUT2D eigenvalue weighted by molar-refractivity contribution is 0.0141. The maximum atomic E-state index is 12.7. The summed E-state index contributed by atoms with van der Waals surface area (Å²) in [6.45, 7) is 5.70. The van der Waals surface area contributed by atoms with Gasteiger partial charge in [-0.25, -0.2) is 4.98 Å². The van der Waals surface area contributed by atoms with Gasteiger partial charge in [0.15, 0.2) is 0 Å². The van der Waals surface area contributed by atoms with Crippen molar-refractivity contribution in [1.29, 1.82) is 0 Å². The first-order valence-corrected chi connectivity index (χ1v) is 10.0. The van der Waals surface area contributed by atoms with Crippen LogP contribution in [0.4, 0.5) is 5.95 Å². The second-order valence-corrected chi connectivity index (χ2v) is 8.22. The first kappa shape index (κ1) is 18.4. The summed E-state index contributed by atoms with van der Waals surface area (Å²) in [5.74, 6) is 2.23. The standard InChI is InChI=1S/C20H25N5O4/c1-11-17(12(2)29-24-11)18(26)22-8-13-14-9-25(10-20(14)6-4-15(13)28-20)19-21-7-5-16(23-19)27-3/h5,7,13-15H,4,6,8-10H2,1-3H3,(H,22,26)/t13-,14+,15+,20+/m0/s1. The van der Waals surface area contributed by atoms with Crippen LogP contribution in [0.1, 0.15) is 34.7 Å². The summed E-state index contributed by atoms with van der Waals surface area (Å²) >= 11 is 0. The number of carbonyl (C=O) groups excluding carboxylic acids is 1. The molecule has 1 spiro atoms. The van der Waals surface area contributed by atoms with Crippen molar-refractivity contribution in [2.45, 2.75) is 38.4 Å². The number of fused-ring (bicyclic) bond motifs is 1. The number of hydrogen-bond acceptors (Lipinski definition) is 8. The van der Waals surface area contributed by atoms with Gasteiger partial charge in [-0.1, -0.05) is 5.16 Å². The van der Waals surface area contributed by atoms with Gasteiger partial charge in [0.05, 0.1) is 31.1 Å². The summed E-state index contributed by atoms with van der Waals surface area (Å²) < 4.78 is 16.8. The SMILES string of the molecule is COc1ccnc(N2C[C@@H]3[C@H](CNC(=O)c4c(C)noc4C)[C@H]4CC[C@]3(C2)O4)n1. The van der Waals surface area contributed by atoms with Gasteiger partial charge >= 0.3 is 0 Å². The predicted molar refractivity (Wildman–Crippen MR) is 103 cm³/mol. The van der Waals surface area contributed by atoms with Crippen LogP contribution in [0, 0.1) is 25.7 Å². The smallest absolute Gasteiger partial charge is 0.256 e. The van der Waals surface area contributed by atoms with Crippen LogP contribution in [0.25, 0.3) is 0 Å². The van der Waals surface area contributed by atoms with E-state index in [1.54, 1.807) is 33.2 Å². The van der Waals surface area contributed by atoms with Crippen molar-refractivity contribution >= 4 is 11.9 Å². The minimum Gasteiger partial charge on any atom is -0.481 e. The first-order valence-electron chi connectivity index (χ1n) is 10.0. The lowest BCUT2D eigenvalue weighted by atomic mass is 9.73. The molecule has 5 heterocycles. The zero-order valence-corrected chi connectivity index (χ0v) is 16.8. The molecule has 2 aromatic rings. The van der Waals surface area contributed by atoms with Crippen molar-refractivity contribution in [3.8, 4) is 5.88 Å². The molecule has 3 aliphatic heterocycles. The molecule has 4 atom stereocenters. The molecule has 0 saturated carbocycles. The number of nitrogens with zero attached hydrogens (tertiary/aromatic N) is 4. The number of rotatable bonds is 5.